The average molecular weight is 240 g/mol. The van der Waals surface area contributed by atoms with Crippen LogP contribution >= 0.6 is 0 Å². The molecule has 0 bridgehead atoms. The monoisotopic (exact) mass is 240 g/mol. The van der Waals surface area contributed by atoms with E-state index in [2.05, 4.69) is 4.74 Å². The molecule has 6 heteroatoms. The van der Waals surface area contributed by atoms with Gasteiger partial charge in [0.15, 0.2) is 23.9 Å². The molecule has 0 radical (unpaired) electrons. The van der Waals surface area contributed by atoms with Crippen molar-refractivity contribution >= 4 is 12.3 Å². The van der Waals surface area contributed by atoms with Gasteiger partial charge in [0.1, 0.15) is 0 Å². The highest BCUT2D eigenvalue weighted by Crippen LogP contribution is 2.32. The van der Waals surface area contributed by atoms with E-state index in [4.69, 9.17) is 4.74 Å². The van der Waals surface area contributed by atoms with Crippen LogP contribution in [0, 0.1) is 0 Å². The normalized spacial score (nSPS) is 11.7. The summed E-state index contributed by atoms with van der Waals surface area (Å²) in [6.07, 6.45) is -1.18. The van der Waals surface area contributed by atoms with Crippen molar-refractivity contribution in [3.8, 4) is 11.5 Å². The van der Waals surface area contributed by atoms with Crippen LogP contribution in [0.3, 0.4) is 0 Å². The van der Waals surface area contributed by atoms with Crippen LogP contribution in [0.1, 0.15) is 22.0 Å². The number of aliphatic hydroxyl groups is 1. The Hall–Kier alpha value is -2.08. The molecule has 92 valence electrons. The second-order valence-electron chi connectivity index (χ2n) is 3.20. The number of carbonyl (C=O) groups excluding carboxylic acids is 2. The molecule has 1 atom stereocenters. The zero-order valence-electron chi connectivity index (χ0n) is 9.34. The minimum atomic E-state index is -1.60. The lowest BCUT2D eigenvalue weighted by molar-refractivity contribution is -0.150. The van der Waals surface area contributed by atoms with Crippen LogP contribution in [-0.2, 0) is 9.53 Å². The molecule has 0 saturated heterocycles. The number of phenolic OH excluding ortho intramolecular Hbond substituents is 1. The van der Waals surface area contributed by atoms with Crippen LogP contribution in [0.4, 0.5) is 0 Å². The number of hydrogen-bond acceptors (Lipinski definition) is 6. The fourth-order valence-corrected chi connectivity index (χ4v) is 1.34. The molecule has 0 saturated carbocycles. The molecule has 6 nitrogen and oxygen atoms in total. The Labute approximate surface area is 97.4 Å². The minimum absolute atomic E-state index is 0.0128. The maximum Gasteiger partial charge on any atom is 0.339 e. The number of aliphatic hydroxyl groups excluding tert-OH is 1. The fraction of sp³-hybridized carbons (Fsp3) is 0.273. The first-order valence-electron chi connectivity index (χ1n) is 4.67. The summed E-state index contributed by atoms with van der Waals surface area (Å²) in [7, 11) is 2.42. The van der Waals surface area contributed by atoms with Crippen LogP contribution in [0.15, 0.2) is 12.1 Å². The van der Waals surface area contributed by atoms with Gasteiger partial charge in [-0.25, -0.2) is 4.79 Å². The van der Waals surface area contributed by atoms with E-state index >= 15 is 0 Å². The Kier molecular flexibility index (Phi) is 4.06. The highest BCUT2D eigenvalue weighted by atomic mass is 16.5. The third kappa shape index (κ3) is 2.54. The summed E-state index contributed by atoms with van der Waals surface area (Å²) in [5.74, 6) is -1.11. The summed E-state index contributed by atoms with van der Waals surface area (Å²) in [4.78, 5) is 22.0. The van der Waals surface area contributed by atoms with E-state index in [1.54, 1.807) is 0 Å². The molecule has 1 rings (SSSR count). The maximum atomic E-state index is 11.2. The number of aldehydes is 1. The second-order valence-corrected chi connectivity index (χ2v) is 3.20. The lowest BCUT2D eigenvalue weighted by atomic mass is 10.0. The van der Waals surface area contributed by atoms with Crippen molar-refractivity contribution in [1.29, 1.82) is 0 Å². The summed E-state index contributed by atoms with van der Waals surface area (Å²) in [6.45, 7) is 0. The summed E-state index contributed by atoms with van der Waals surface area (Å²) in [5.41, 5.74) is 0.00250. The van der Waals surface area contributed by atoms with Crippen molar-refractivity contribution in [3.05, 3.63) is 23.3 Å². The Morgan fingerprint density at radius 3 is 2.53 bits per heavy atom. The molecule has 0 aliphatic carbocycles. The average Bonchev–Trinajstić information content (AvgIpc) is 2.36. The van der Waals surface area contributed by atoms with Crippen molar-refractivity contribution in [2.45, 2.75) is 6.10 Å². The summed E-state index contributed by atoms with van der Waals surface area (Å²) in [6, 6.07) is 2.31. The van der Waals surface area contributed by atoms with Crippen molar-refractivity contribution in [2.75, 3.05) is 14.2 Å². The van der Waals surface area contributed by atoms with Crippen LogP contribution in [0.5, 0.6) is 11.5 Å². The lowest BCUT2D eigenvalue weighted by Crippen LogP contribution is -2.15. The van der Waals surface area contributed by atoms with Gasteiger partial charge in [-0.1, -0.05) is 0 Å². The molecule has 0 amide bonds. The van der Waals surface area contributed by atoms with Gasteiger partial charge in [-0.2, -0.15) is 0 Å². The van der Waals surface area contributed by atoms with Crippen molar-refractivity contribution in [2.24, 2.45) is 0 Å². The van der Waals surface area contributed by atoms with Crippen molar-refractivity contribution < 1.29 is 29.3 Å². The van der Waals surface area contributed by atoms with E-state index in [-0.39, 0.29) is 22.6 Å². The summed E-state index contributed by atoms with van der Waals surface area (Å²) < 4.78 is 9.18. The number of benzene rings is 1. The fourth-order valence-electron chi connectivity index (χ4n) is 1.34. The standard InChI is InChI=1S/C11H12O6/c1-16-9-4-7(10(14)11(15)17-2)6(5-12)3-8(9)13/h3-5,10,13-14H,1-2H3. The minimum Gasteiger partial charge on any atom is -0.504 e. The summed E-state index contributed by atoms with van der Waals surface area (Å²) in [5, 5.41) is 19.1. The van der Waals surface area contributed by atoms with Gasteiger partial charge in [-0.05, 0) is 12.1 Å². The van der Waals surface area contributed by atoms with Gasteiger partial charge in [-0.15, -0.1) is 0 Å². The van der Waals surface area contributed by atoms with Gasteiger partial charge in [0, 0.05) is 11.1 Å². The molecule has 0 spiro atoms. The number of esters is 1. The van der Waals surface area contributed by atoms with Crippen LogP contribution in [-0.4, -0.2) is 36.7 Å². The maximum absolute atomic E-state index is 11.2. The van der Waals surface area contributed by atoms with Gasteiger partial charge >= 0.3 is 5.97 Å². The molecular formula is C11H12O6. The molecular weight excluding hydrogens is 228 g/mol. The van der Waals surface area contributed by atoms with Crippen molar-refractivity contribution in [1.82, 2.24) is 0 Å². The van der Waals surface area contributed by atoms with E-state index in [1.165, 1.54) is 13.2 Å². The number of hydrogen-bond donors (Lipinski definition) is 2. The third-order valence-corrected chi connectivity index (χ3v) is 2.23. The van der Waals surface area contributed by atoms with Gasteiger partial charge in [0.2, 0.25) is 0 Å². The van der Waals surface area contributed by atoms with E-state index in [1.807, 2.05) is 0 Å². The number of aromatic hydroxyl groups is 1. The van der Waals surface area contributed by atoms with Gasteiger partial charge in [0.25, 0.3) is 0 Å². The van der Waals surface area contributed by atoms with Gasteiger partial charge in [-0.3, -0.25) is 4.79 Å². The molecule has 17 heavy (non-hydrogen) atoms. The lowest BCUT2D eigenvalue weighted by Gasteiger charge is -2.13. The quantitative estimate of drug-likeness (QED) is 0.585. The molecule has 0 aromatic heterocycles. The van der Waals surface area contributed by atoms with Crippen LogP contribution in [0.2, 0.25) is 0 Å². The van der Waals surface area contributed by atoms with Crippen molar-refractivity contribution in [3.63, 3.8) is 0 Å². The molecule has 1 unspecified atom stereocenters. The Balaban J connectivity index is 3.30. The number of methoxy groups -OCH3 is 2. The predicted molar refractivity (Wildman–Crippen MR) is 57.0 cm³/mol. The third-order valence-electron chi connectivity index (χ3n) is 2.23. The first-order chi connectivity index (χ1) is 8.04. The SMILES string of the molecule is COC(=O)C(O)c1cc(OC)c(O)cc1C=O. The Bertz CT molecular complexity index is 440. The largest absolute Gasteiger partial charge is 0.504 e. The highest BCUT2D eigenvalue weighted by Gasteiger charge is 2.23. The van der Waals surface area contributed by atoms with Crippen LogP contribution < -0.4 is 4.74 Å². The number of phenols is 1. The highest BCUT2D eigenvalue weighted by molar-refractivity contribution is 5.85. The Morgan fingerprint density at radius 1 is 1.41 bits per heavy atom. The Morgan fingerprint density at radius 2 is 2.06 bits per heavy atom. The van der Waals surface area contributed by atoms with E-state index < -0.39 is 12.1 Å². The van der Waals surface area contributed by atoms with Crippen LogP contribution in [0.25, 0.3) is 0 Å². The first-order valence-corrected chi connectivity index (χ1v) is 4.67. The molecule has 0 fully saturated rings. The molecule has 0 aliphatic rings. The second kappa shape index (κ2) is 5.31. The van der Waals surface area contributed by atoms with E-state index in [0.717, 1.165) is 13.2 Å². The molecule has 1 aromatic rings. The van der Waals surface area contributed by atoms with Gasteiger partial charge < -0.3 is 19.7 Å². The predicted octanol–water partition coefficient (Wildman–Crippen LogP) is 0.420. The molecule has 0 aliphatic heterocycles. The zero-order chi connectivity index (χ0) is 13.0. The number of ether oxygens (including phenoxy) is 2. The topological polar surface area (TPSA) is 93.1 Å². The first kappa shape index (κ1) is 13.0. The molecule has 1 aromatic carbocycles. The smallest absolute Gasteiger partial charge is 0.339 e. The van der Waals surface area contributed by atoms with E-state index in [9.17, 15) is 19.8 Å². The molecule has 2 N–H and O–H groups in total. The van der Waals surface area contributed by atoms with Gasteiger partial charge in [0.05, 0.1) is 14.2 Å². The molecule has 0 heterocycles. The zero-order valence-corrected chi connectivity index (χ0v) is 9.34. The summed E-state index contributed by atoms with van der Waals surface area (Å²) >= 11 is 0. The number of carbonyl (C=O) groups is 2. The van der Waals surface area contributed by atoms with E-state index in [0.29, 0.717) is 6.29 Å². The number of rotatable bonds is 4.